The number of amides is 1. The largest absolute Gasteiger partial charge is 0.506 e. The number of nitrogens with one attached hydrogen (secondary N) is 1. The van der Waals surface area contributed by atoms with Crippen molar-refractivity contribution in [2.24, 2.45) is 0 Å². The number of aryl methyl sites for hydroxylation is 2. The van der Waals surface area contributed by atoms with Crippen molar-refractivity contribution in [1.82, 2.24) is 0 Å². The summed E-state index contributed by atoms with van der Waals surface area (Å²) in [6, 6.07) is 4.91. The van der Waals surface area contributed by atoms with Crippen LogP contribution in [-0.2, 0) is 0 Å². The molecule has 2 aromatic rings. The van der Waals surface area contributed by atoms with Gasteiger partial charge in [-0.3, -0.25) is 4.79 Å². The third-order valence-electron chi connectivity index (χ3n) is 4.86. The van der Waals surface area contributed by atoms with Crippen molar-refractivity contribution in [2.45, 2.75) is 33.6 Å². The van der Waals surface area contributed by atoms with Crippen LogP contribution < -0.4 is 10.2 Å². The molecule has 2 N–H and O–H groups in total. The van der Waals surface area contributed by atoms with Gasteiger partial charge in [-0.25, -0.2) is 0 Å². The van der Waals surface area contributed by atoms with Crippen LogP contribution in [0.3, 0.4) is 0 Å². The highest BCUT2D eigenvalue weighted by atomic mass is 35.5. The van der Waals surface area contributed by atoms with E-state index in [-0.39, 0.29) is 16.3 Å². The molecular weight excluding hydrogens is 371 g/mol. The molecule has 138 valence electrons. The summed E-state index contributed by atoms with van der Waals surface area (Å²) in [6.45, 7) is 8.15. The van der Waals surface area contributed by atoms with Crippen LogP contribution in [0.25, 0.3) is 0 Å². The molecule has 4 nitrogen and oxygen atoms in total. The van der Waals surface area contributed by atoms with Gasteiger partial charge in [-0.05, 0) is 62.4 Å². The number of phenolic OH excluding ortho intramolecular Hbond substituents is 1. The zero-order valence-corrected chi connectivity index (χ0v) is 16.6. The van der Waals surface area contributed by atoms with E-state index in [0.29, 0.717) is 5.02 Å². The minimum atomic E-state index is -0.436. The van der Waals surface area contributed by atoms with Gasteiger partial charge in [0.05, 0.1) is 10.6 Å². The number of halogens is 2. The van der Waals surface area contributed by atoms with Crippen LogP contribution in [0.4, 0.5) is 11.4 Å². The van der Waals surface area contributed by atoms with Crippen molar-refractivity contribution in [3.8, 4) is 5.75 Å². The lowest BCUT2D eigenvalue weighted by atomic mass is 10.0. The summed E-state index contributed by atoms with van der Waals surface area (Å²) in [4.78, 5) is 15.1. The molecule has 2 aromatic carbocycles. The molecule has 3 rings (SSSR count). The maximum absolute atomic E-state index is 12.8. The van der Waals surface area contributed by atoms with Crippen molar-refractivity contribution < 1.29 is 9.90 Å². The minimum Gasteiger partial charge on any atom is -0.506 e. The molecule has 1 saturated heterocycles. The standard InChI is InChI=1S/C20H22Cl2N2O2/c1-11-8-12(2)18(24-6-4-5-7-24)13(3)17(11)23-20(26)15-9-14(21)10-16(22)19(15)25/h8-10,25H,4-7H2,1-3H3,(H,23,26). The predicted octanol–water partition coefficient (Wildman–Crippen LogP) is 5.48. The number of anilines is 2. The highest BCUT2D eigenvalue weighted by Crippen LogP contribution is 2.37. The number of phenols is 1. The molecule has 1 aliphatic rings. The molecule has 0 aliphatic carbocycles. The molecule has 1 aliphatic heterocycles. The number of rotatable bonds is 3. The van der Waals surface area contributed by atoms with Crippen LogP contribution in [0.15, 0.2) is 18.2 Å². The topological polar surface area (TPSA) is 52.6 Å². The van der Waals surface area contributed by atoms with Crippen molar-refractivity contribution in [1.29, 1.82) is 0 Å². The van der Waals surface area contributed by atoms with Gasteiger partial charge in [-0.2, -0.15) is 0 Å². The van der Waals surface area contributed by atoms with Gasteiger partial charge in [0.2, 0.25) is 0 Å². The van der Waals surface area contributed by atoms with Crippen molar-refractivity contribution in [2.75, 3.05) is 23.3 Å². The molecule has 1 fully saturated rings. The zero-order chi connectivity index (χ0) is 19.0. The quantitative estimate of drug-likeness (QED) is 0.727. The molecule has 1 heterocycles. The molecule has 0 unspecified atom stereocenters. The normalized spacial score (nSPS) is 14.0. The Morgan fingerprint density at radius 1 is 1.08 bits per heavy atom. The molecular formula is C20H22Cl2N2O2. The molecule has 0 radical (unpaired) electrons. The second kappa shape index (κ2) is 7.37. The first kappa shape index (κ1) is 18.9. The monoisotopic (exact) mass is 392 g/mol. The van der Waals surface area contributed by atoms with Crippen molar-refractivity contribution >= 4 is 40.5 Å². The summed E-state index contributed by atoms with van der Waals surface area (Å²) in [6.07, 6.45) is 2.37. The zero-order valence-electron chi connectivity index (χ0n) is 15.1. The Bertz CT molecular complexity index is 875. The van der Waals surface area contributed by atoms with Crippen LogP contribution >= 0.6 is 23.2 Å². The number of aromatic hydroxyl groups is 1. The third-order valence-corrected chi connectivity index (χ3v) is 5.37. The van der Waals surface area contributed by atoms with Crippen LogP contribution in [-0.4, -0.2) is 24.1 Å². The number of benzene rings is 2. The van der Waals surface area contributed by atoms with E-state index in [2.05, 4.69) is 23.2 Å². The lowest BCUT2D eigenvalue weighted by Gasteiger charge is -2.26. The SMILES string of the molecule is Cc1cc(C)c(N2CCCC2)c(C)c1NC(=O)c1cc(Cl)cc(Cl)c1O. The maximum atomic E-state index is 12.8. The van der Waals surface area contributed by atoms with Crippen LogP contribution in [0.1, 0.15) is 39.9 Å². The predicted molar refractivity (Wildman–Crippen MR) is 108 cm³/mol. The van der Waals surface area contributed by atoms with E-state index < -0.39 is 5.91 Å². The van der Waals surface area contributed by atoms with Gasteiger partial charge in [0.1, 0.15) is 5.75 Å². The van der Waals surface area contributed by atoms with E-state index in [9.17, 15) is 9.90 Å². The van der Waals surface area contributed by atoms with Gasteiger partial charge in [0.25, 0.3) is 5.91 Å². The van der Waals surface area contributed by atoms with Gasteiger partial charge in [-0.15, -0.1) is 0 Å². The van der Waals surface area contributed by atoms with Gasteiger partial charge in [-0.1, -0.05) is 29.3 Å². The summed E-state index contributed by atoms with van der Waals surface area (Å²) in [5.74, 6) is -0.704. The Balaban J connectivity index is 2.00. The van der Waals surface area contributed by atoms with Crippen LogP contribution in [0, 0.1) is 20.8 Å². The molecule has 1 amide bonds. The van der Waals surface area contributed by atoms with E-state index in [0.717, 1.165) is 29.9 Å². The molecule has 0 aromatic heterocycles. The van der Waals surface area contributed by atoms with Gasteiger partial charge >= 0.3 is 0 Å². The Morgan fingerprint density at radius 3 is 2.38 bits per heavy atom. The Morgan fingerprint density at radius 2 is 1.73 bits per heavy atom. The lowest BCUT2D eigenvalue weighted by molar-refractivity contribution is 0.102. The van der Waals surface area contributed by atoms with Gasteiger partial charge in [0.15, 0.2) is 0 Å². The van der Waals surface area contributed by atoms with Crippen LogP contribution in [0.5, 0.6) is 5.75 Å². The molecule has 26 heavy (non-hydrogen) atoms. The summed E-state index contributed by atoms with van der Waals surface area (Å²) >= 11 is 11.9. The number of nitrogens with zero attached hydrogens (tertiary/aromatic N) is 1. The average Bonchev–Trinajstić information content (AvgIpc) is 3.08. The van der Waals surface area contributed by atoms with E-state index in [4.69, 9.17) is 23.2 Å². The Hall–Kier alpha value is -1.91. The number of carbonyl (C=O) groups excluding carboxylic acids is 1. The summed E-state index contributed by atoms with van der Waals surface area (Å²) < 4.78 is 0. The highest BCUT2D eigenvalue weighted by molar-refractivity contribution is 6.36. The second-order valence-corrected chi connectivity index (χ2v) is 7.63. The fourth-order valence-electron chi connectivity index (χ4n) is 3.71. The maximum Gasteiger partial charge on any atom is 0.259 e. The first-order valence-electron chi connectivity index (χ1n) is 8.64. The Labute approximate surface area is 163 Å². The van der Waals surface area contributed by atoms with E-state index in [1.54, 1.807) is 0 Å². The van der Waals surface area contributed by atoms with E-state index in [1.165, 1.54) is 36.2 Å². The molecule has 0 bridgehead atoms. The summed E-state index contributed by atoms with van der Waals surface area (Å²) in [7, 11) is 0. The molecule has 0 saturated carbocycles. The number of carbonyl (C=O) groups is 1. The molecule has 0 spiro atoms. The first-order chi connectivity index (χ1) is 12.3. The lowest BCUT2D eigenvalue weighted by Crippen LogP contribution is -2.22. The second-order valence-electron chi connectivity index (χ2n) is 6.79. The summed E-state index contributed by atoms with van der Waals surface area (Å²) in [5.41, 5.74) is 5.21. The van der Waals surface area contributed by atoms with Gasteiger partial charge in [0, 0.05) is 29.5 Å². The minimum absolute atomic E-state index is 0.0535. The number of hydrogen-bond donors (Lipinski definition) is 2. The third kappa shape index (κ3) is 3.49. The first-order valence-corrected chi connectivity index (χ1v) is 9.40. The molecule has 0 atom stereocenters. The average molecular weight is 393 g/mol. The summed E-state index contributed by atoms with van der Waals surface area (Å²) in [5, 5.41) is 13.4. The fourth-order valence-corrected chi connectivity index (χ4v) is 4.21. The fraction of sp³-hybridized carbons (Fsp3) is 0.350. The van der Waals surface area contributed by atoms with Crippen molar-refractivity contribution in [3.05, 3.63) is 50.5 Å². The van der Waals surface area contributed by atoms with Gasteiger partial charge < -0.3 is 15.3 Å². The van der Waals surface area contributed by atoms with E-state index in [1.807, 2.05) is 13.8 Å². The number of hydrogen-bond acceptors (Lipinski definition) is 3. The molecule has 6 heteroatoms. The smallest absolute Gasteiger partial charge is 0.259 e. The van der Waals surface area contributed by atoms with E-state index >= 15 is 0 Å². The van der Waals surface area contributed by atoms with Crippen molar-refractivity contribution in [3.63, 3.8) is 0 Å². The van der Waals surface area contributed by atoms with Crippen LogP contribution in [0.2, 0.25) is 10.0 Å². The highest BCUT2D eigenvalue weighted by Gasteiger charge is 2.22. The Kier molecular flexibility index (Phi) is 5.35.